The van der Waals surface area contributed by atoms with Crippen molar-refractivity contribution in [1.82, 2.24) is 4.90 Å². The van der Waals surface area contributed by atoms with Gasteiger partial charge in [0.25, 0.3) is 0 Å². The van der Waals surface area contributed by atoms with Crippen molar-refractivity contribution in [1.29, 1.82) is 0 Å². The fraction of sp³-hybridized carbons (Fsp3) is 0.600. The second kappa shape index (κ2) is 3.76. The second-order valence-corrected chi connectivity index (χ2v) is 3.21. The van der Waals surface area contributed by atoms with E-state index in [1.807, 2.05) is 0 Å². The number of hydrogen-bond acceptors (Lipinski definition) is 2. The summed E-state index contributed by atoms with van der Waals surface area (Å²) in [4.78, 5) is 2.40. The van der Waals surface area contributed by atoms with Crippen molar-refractivity contribution in [2.75, 3.05) is 26.3 Å². The second-order valence-electron chi connectivity index (χ2n) is 3.21. The van der Waals surface area contributed by atoms with Crippen LogP contribution in [-0.4, -0.2) is 31.2 Å². The van der Waals surface area contributed by atoms with E-state index < -0.39 is 0 Å². The largest absolute Gasteiger partial charge is 0.378 e. The molecular weight excluding hydrogens is 150 g/mol. The zero-order valence-electron chi connectivity index (χ0n) is 7.33. The molecule has 0 atom stereocenters. The van der Waals surface area contributed by atoms with Crippen LogP contribution >= 0.6 is 0 Å². The highest BCUT2D eigenvalue weighted by atomic mass is 16.5. The fourth-order valence-corrected chi connectivity index (χ4v) is 1.66. The average molecular weight is 165 g/mol. The highest BCUT2D eigenvalue weighted by molar-refractivity contribution is 5.21. The van der Waals surface area contributed by atoms with E-state index in [1.165, 1.54) is 18.5 Å². The topological polar surface area (TPSA) is 12.5 Å². The molecule has 2 rings (SSSR count). The molecule has 0 aromatic carbocycles. The van der Waals surface area contributed by atoms with Crippen LogP contribution in [-0.2, 0) is 4.74 Å². The van der Waals surface area contributed by atoms with E-state index in [0.29, 0.717) is 0 Å². The molecule has 0 radical (unpaired) electrons. The third kappa shape index (κ3) is 1.69. The van der Waals surface area contributed by atoms with Gasteiger partial charge in [0.15, 0.2) is 0 Å². The molecule has 66 valence electrons. The zero-order chi connectivity index (χ0) is 8.23. The minimum absolute atomic E-state index is 0.880. The molecule has 2 nitrogen and oxygen atoms in total. The van der Waals surface area contributed by atoms with Crippen LogP contribution in [0.15, 0.2) is 23.9 Å². The highest BCUT2D eigenvalue weighted by Gasteiger charge is 2.11. The molecule has 1 aliphatic carbocycles. The number of rotatable bonds is 1. The van der Waals surface area contributed by atoms with E-state index in [1.54, 1.807) is 0 Å². The predicted octanol–water partition coefficient (Wildman–Crippen LogP) is 1.55. The van der Waals surface area contributed by atoms with E-state index in [0.717, 1.165) is 26.3 Å². The van der Waals surface area contributed by atoms with Crippen LogP contribution in [0.1, 0.15) is 12.8 Å². The maximum absolute atomic E-state index is 5.30. The van der Waals surface area contributed by atoms with Gasteiger partial charge in [-0.15, -0.1) is 0 Å². The van der Waals surface area contributed by atoms with Gasteiger partial charge < -0.3 is 9.64 Å². The first-order chi connectivity index (χ1) is 5.97. The maximum atomic E-state index is 5.30. The van der Waals surface area contributed by atoms with Gasteiger partial charge in [0.1, 0.15) is 0 Å². The van der Waals surface area contributed by atoms with E-state index in [4.69, 9.17) is 4.74 Å². The Morgan fingerprint density at radius 2 is 2.00 bits per heavy atom. The highest BCUT2D eigenvalue weighted by Crippen LogP contribution is 2.15. The monoisotopic (exact) mass is 165 g/mol. The van der Waals surface area contributed by atoms with Crippen LogP contribution in [0.5, 0.6) is 0 Å². The van der Waals surface area contributed by atoms with Crippen LogP contribution in [0.4, 0.5) is 0 Å². The molecule has 1 saturated heterocycles. The number of morpholine rings is 1. The SMILES string of the molecule is C1=CC(N2CCOCC2)=CCC1. The lowest BCUT2D eigenvalue weighted by molar-refractivity contribution is 0.0551. The zero-order valence-corrected chi connectivity index (χ0v) is 7.33. The van der Waals surface area contributed by atoms with Crippen LogP contribution in [0, 0.1) is 0 Å². The van der Waals surface area contributed by atoms with E-state index in [2.05, 4.69) is 23.1 Å². The van der Waals surface area contributed by atoms with Crippen LogP contribution in [0.3, 0.4) is 0 Å². The van der Waals surface area contributed by atoms with Gasteiger partial charge in [-0.3, -0.25) is 0 Å². The Morgan fingerprint density at radius 3 is 2.67 bits per heavy atom. The van der Waals surface area contributed by atoms with Crippen molar-refractivity contribution < 1.29 is 4.74 Å². The molecule has 2 heteroatoms. The molecule has 0 aromatic rings. The molecule has 12 heavy (non-hydrogen) atoms. The third-order valence-corrected chi connectivity index (χ3v) is 2.35. The van der Waals surface area contributed by atoms with Gasteiger partial charge in [-0.05, 0) is 18.9 Å². The summed E-state index contributed by atoms with van der Waals surface area (Å²) in [6.07, 6.45) is 9.21. The Balaban J connectivity index is 1.97. The Kier molecular flexibility index (Phi) is 2.47. The van der Waals surface area contributed by atoms with Crippen molar-refractivity contribution in [2.24, 2.45) is 0 Å². The summed E-state index contributed by atoms with van der Waals surface area (Å²) in [7, 11) is 0. The van der Waals surface area contributed by atoms with Crippen LogP contribution < -0.4 is 0 Å². The lowest BCUT2D eigenvalue weighted by Crippen LogP contribution is -2.35. The lowest BCUT2D eigenvalue weighted by atomic mass is 10.1. The maximum Gasteiger partial charge on any atom is 0.0642 e. The van der Waals surface area contributed by atoms with Crippen molar-refractivity contribution in [3.63, 3.8) is 0 Å². The first-order valence-corrected chi connectivity index (χ1v) is 4.66. The Bertz CT molecular complexity index is 202. The molecule has 1 fully saturated rings. The first kappa shape index (κ1) is 7.87. The van der Waals surface area contributed by atoms with Crippen molar-refractivity contribution in [2.45, 2.75) is 12.8 Å². The summed E-state index contributed by atoms with van der Waals surface area (Å²) in [5.74, 6) is 0. The van der Waals surface area contributed by atoms with Crippen LogP contribution in [0.25, 0.3) is 0 Å². The molecule has 1 heterocycles. The van der Waals surface area contributed by atoms with Gasteiger partial charge in [0, 0.05) is 18.8 Å². The number of hydrogen-bond donors (Lipinski definition) is 0. The number of ether oxygens (including phenoxy) is 1. The Hall–Kier alpha value is -0.760. The molecule has 0 unspecified atom stereocenters. The normalized spacial score (nSPS) is 24.0. The molecule has 0 N–H and O–H groups in total. The summed E-state index contributed by atoms with van der Waals surface area (Å²) >= 11 is 0. The van der Waals surface area contributed by atoms with Crippen LogP contribution in [0.2, 0.25) is 0 Å². The quantitative estimate of drug-likeness (QED) is 0.584. The summed E-state index contributed by atoms with van der Waals surface area (Å²) < 4.78 is 5.30. The molecule has 0 amide bonds. The summed E-state index contributed by atoms with van der Waals surface area (Å²) in [6, 6.07) is 0. The Labute approximate surface area is 73.5 Å². The predicted molar refractivity (Wildman–Crippen MR) is 48.8 cm³/mol. The molecule has 0 spiro atoms. The molecule has 1 aliphatic heterocycles. The fourth-order valence-electron chi connectivity index (χ4n) is 1.66. The van der Waals surface area contributed by atoms with E-state index in [9.17, 15) is 0 Å². The van der Waals surface area contributed by atoms with Crippen molar-refractivity contribution in [3.05, 3.63) is 23.9 Å². The summed E-state index contributed by atoms with van der Waals surface area (Å²) in [5, 5.41) is 0. The van der Waals surface area contributed by atoms with Crippen molar-refractivity contribution in [3.8, 4) is 0 Å². The Morgan fingerprint density at radius 1 is 1.17 bits per heavy atom. The van der Waals surface area contributed by atoms with Crippen molar-refractivity contribution >= 4 is 0 Å². The summed E-state index contributed by atoms with van der Waals surface area (Å²) in [6.45, 7) is 3.86. The minimum Gasteiger partial charge on any atom is -0.378 e. The van der Waals surface area contributed by atoms with Gasteiger partial charge >= 0.3 is 0 Å². The van der Waals surface area contributed by atoms with Gasteiger partial charge in [-0.2, -0.15) is 0 Å². The van der Waals surface area contributed by atoms with E-state index in [-0.39, 0.29) is 0 Å². The van der Waals surface area contributed by atoms with Gasteiger partial charge in [0.05, 0.1) is 13.2 Å². The third-order valence-electron chi connectivity index (χ3n) is 2.35. The molecule has 0 saturated carbocycles. The average Bonchev–Trinajstić information content (AvgIpc) is 2.21. The molecule has 0 bridgehead atoms. The standard InChI is InChI=1S/C10H15NO/c1-2-4-10(5-3-1)11-6-8-12-9-7-11/h2,4-5H,1,3,6-9H2. The first-order valence-electron chi connectivity index (χ1n) is 4.66. The number of nitrogens with zero attached hydrogens (tertiary/aromatic N) is 1. The molecular formula is C10H15NO. The summed E-state index contributed by atoms with van der Waals surface area (Å²) in [5.41, 5.74) is 1.39. The van der Waals surface area contributed by atoms with Gasteiger partial charge in [-0.1, -0.05) is 12.2 Å². The molecule has 0 aromatic heterocycles. The van der Waals surface area contributed by atoms with Gasteiger partial charge in [0.2, 0.25) is 0 Å². The number of allylic oxidation sites excluding steroid dienone is 3. The molecule has 2 aliphatic rings. The van der Waals surface area contributed by atoms with Gasteiger partial charge in [-0.25, -0.2) is 0 Å². The van der Waals surface area contributed by atoms with E-state index >= 15 is 0 Å². The lowest BCUT2D eigenvalue weighted by Gasteiger charge is -2.30. The minimum atomic E-state index is 0.880. The smallest absolute Gasteiger partial charge is 0.0642 e.